The van der Waals surface area contributed by atoms with Crippen LogP contribution >= 0.6 is 0 Å². The van der Waals surface area contributed by atoms with Gasteiger partial charge in [-0.25, -0.2) is 9.59 Å². The molecule has 5 nitrogen and oxygen atoms in total. The maximum atomic E-state index is 11.8. The Morgan fingerprint density at radius 3 is 2.44 bits per heavy atom. The molecule has 0 aromatic heterocycles. The molecule has 2 atom stereocenters. The Bertz CT molecular complexity index is 288. The summed E-state index contributed by atoms with van der Waals surface area (Å²) in [6.45, 7) is 3.91. The number of nitrogens with one attached hydrogen (secondary N) is 2. The molecule has 0 aromatic carbocycles. The van der Waals surface area contributed by atoms with Crippen molar-refractivity contribution in [2.75, 3.05) is 7.11 Å². The highest BCUT2D eigenvalue weighted by molar-refractivity contribution is 5.83. The van der Waals surface area contributed by atoms with Crippen molar-refractivity contribution in [1.82, 2.24) is 10.6 Å². The van der Waals surface area contributed by atoms with Crippen molar-refractivity contribution >= 4 is 12.0 Å². The summed E-state index contributed by atoms with van der Waals surface area (Å²) in [7, 11) is 1.34. The third-order valence-electron chi connectivity index (χ3n) is 3.65. The molecular weight excluding hydrogens is 232 g/mol. The quantitative estimate of drug-likeness (QED) is 0.737. The monoisotopic (exact) mass is 256 g/mol. The SMILES string of the molecule is CC[C@@H](C)[C@H](NC(=O)NC1CCCC1)C(=O)OC. The Hall–Kier alpha value is -1.26. The van der Waals surface area contributed by atoms with Crippen LogP contribution in [0.25, 0.3) is 0 Å². The normalized spacial score (nSPS) is 19.1. The zero-order chi connectivity index (χ0) is 13.5. The largest absolute Gasteiger partial charge is 0.467 e. The zero-order valence-electron chi connectivity index (χ0n) is 11.5. The summed E-state index contributed by atoms with van der Waals surface area (Å²) in [5.41, 5.74) is 0. The lowest BCUT2D eigenvalue weighted by Gasteiger charge is -2.23. The van der Waals surface area contributed by atoms with Crippen LogP contribution in [0.2, 0.25) is 0 Å². The van der Waals surface area contributed by atoms with Crippen LogP contribution in [-0.4, -0.2) is 31.2 Å². The first kappa shape index (κ1) is 14.8. The lowest BCUT2D eigenvalue weighted by Crippen LogP contribution is -2.51. The summed E-state index contributed by atoms with van der Waals surface area (Å²) >= 11 is 0. The second kappa shape index (κ2) is 7.24. The van der Waals surface area contributed by atoms with Crippen LogP contribution in [-0.2, 0) is 9.53 Å². The summed E-state index contributed by atoms with van der Waals surface area (Å²) in [6.07, 6.45) is 5.19. The van der Waals surface area contributed by atoms with Crippen LogP contribution in [0, 0.1) is 5.92 Å². The molecule has 1 fully saturated rings. The fraction of sp³-hybridized carbons (Fsp3) is 0.846. The number of methoxy groups -OCH3 is 1. The number of carbonyl (C=O) groups excluding carboxylic acids is 2. The molecule has 2 N–H and O–H groups in total. The number of hydrogen-bond donors (Lipinski definition) is 2. The Balaban J connectivity index is 2.48. The molecule has 0 bridgehead atoms. The van der Waals surface area contributed by atoms with E-state index in [4.69, 9.17) is 4.74 Å². The first-order chi connectivity index (χ1) is 8.58. The van der Waals surface area contributed by atoms with E-state index in [0.29, 0.717) is 0 Å². The molecule has 1 rings (SSSR count). The highest BCUT2D eigenvalue weighted by atomic mass is 16.5. The smallest absolute Gasteiger partial charge is 0.328 e. The predicted molar refractivity (Wildman–Crippen MR) is 69.2 cm³/mol. The molecule has 0 radical (unpaired) electrons. The average molecular weight is 256 g/mol. The first-order valence-corrected chi connectivity index (χ1v) is 6.73. The van der Waals surface area contributed by atoms with Gasteiger partial charge in [-0.1, -0.05) is 33.1 Å². The van der Waals surface area contributed by atoms with Gasteiger partial charge < -0.3 is 15.4 Å². The molecule has 18 heavy (non-hydrogen) atoms. The predicted octanol–water partition coefficient (Wildman–Crippen LogP) is 1.82. The lowest BCUT2D eigenvalue weighted by molar-refractivity contribution is -0.144. The minimum Gasteiger partial charge on any atom is -0.467 e. The van der Waals surface area contributed by atoms with Gasteiger partial charge in [0.15, 0.2) is 0 Å². The minimum atomic E-state index is -0.568. The van der Waals surface area contributed by atoms with Crippen molar-refractivity contribution in [3.63, 3.8) is 0 Å². The van der Waals surface area contributed by atoms with Gasteiger partial charge in [0, 0.05) is 6.04 Å². The molecule has 1 saturated carbocycles. The van der Waals surface area contributed by atoms with Crippen molar-refractivity contribution in [1.29, 1.82) is 0 Å². The standard InChI is InChI=1S/C13H24N2O3/c1-4-9(2)11(12(16)18-3)15-13(17)14-10-7-5-6-8-10/h9-11H,4-8H2,1-3H3,(H2,14,15,17)/t9-,11+/m1/s1. The molecule has 1 aliphatic rings. The first-order valence-electron chi connectivity index (χ1n) is 6.73. The zero-order valence-corrected chi connectivity index (χ0v) is 11.5. The molecule has 5 heteroatoms. The second-order valence-electron chi connectivity index (χ2n) is 4.99. The number of esters is 1. The molecular formula is C13H24N2O3. The van der Waals surface area contributed by atoms with E-state index in [1.807, 2.05) is 13.8 Å². The van der Waals surface area contributed by atoms with E-state index in [0.717, 1.165) is 32.1 Å². The minimum absolute atomic E-state index is 0.0618. The highest BCUT2D eigenvalue weighted by Crippen LogP contribution is 2.17. The van der Waals surface area contributed by atoms with Gasteiger partial charge in [0.2, 0.25) is 0 Å². The van der Waals surface area contributed by atoms with E-state index < -0.39 is 6.04 Å². The molecule has 0 aromatic rings. The molecule has 1 aliphatic carbocycles. The summed E-state index contributed by atoms with van der Waals surface area (Å²) in [5.74, 6) is -0.322. The van der Waals surface area contributed by atoms with Crippen molar-refractivity contribution in [3.8, 4) is 0 Å². The van der Waals surface area contributed by atoms with Gasteiger partial charge in [-0.05, 0) is 18.8 Å². The molecule has 0 aliphatic heterocycles. The van der Waals surface area contributed by atoms with Gasteiger partial charge in [0.1, 0.15) is 6.04 Å². The maximum Gasteiger partial charge on any atom is 0.328 e. The molecule has 2 amide bonds. The number of rotatable bonds is 5. The van der Waals surface area contributed by atoms with E-state index in [9.17, 15) is 9.59 Å². The highest BCUT2D eigenvalue weighted by Gasteiger charge is 2.27. The van der Waals surface area contributed by atoms with Gasteiger partial charge in [0.05, 0.1) is 7.11 Å². The van der Waals surface area contributed by atoms with Crippen LogP contribution in [0.3, 0.4) is 0 Å². The van der Waals surface area contributed by atoms with Crippen LogP contribution in [0.15, 0.2) is 0 Å². The Labute approximate surface area is 109 Å². The third-order valence-corrected chi connectivity index (χ3v) is 3.65. The van der Waals surface area contributed by atoms with E-state index in [1.165, 1.54) is 7.11 Å². The number of amides is 2. The Morgan fingerprint density at radius 1 is 1.33 bits per heavy atom. The van der Waals surface area contributed by atoms with Crippen molar-refractivity contribution in [3.05, 3.63) is 0 Å². The van der Waals surface area contributed by atoms with Gasteiger partial charge in [-0.15, -0.1) is 0 Å². The van der Waals surface area contributed by atoms with Crippen molar-refractivity contribution in [2.45, 2.75) is 58.0 Å². The van der Waals surface area contributed by atoms with Gasteiger partial charge in [-0.2, -0.15) is 0 Å². The third kappa shape index (κ3) is 4.20. The van der Waals surface area contributed by atoms with Crippen molar-refractivity contribution in [2.24, 2.45) is 5.92 Å². The number of hydrogen-bond acceptors (Lipinski definition) is 3. The van der Waals surface area contributed by atoms with E-state index in [2.05, 4.69) is 10.6 Å². The Kier molecular flexibility index (Phi) is 5.95. The molecule has 0 saturated heterocycles. The summed E-state index contributed by atoms with van der Waals surface area (Å²) < 4.78 is 4.72. The molecule has 0 spiro atoms. The van der Waals surface area contributed by atoms with E-state index in [-0.39, 0.29) is 24.0 Å². The van der Waals surface area contributed by atoms with Gasteiger partial charge in [0.25, 0.3) is 0 Å². The topological polar surface area (TPSA) is 67.4 Å². The van der Waals surface area contributed by atoms with E-state index >= 15 is 0 Å². The average Bonchev–Trinajstić information content (AvgIpc) is 2.86. The molecule has 0 unspecified atom stereocenters. The fourth-order valence-electron chi connectivity index (χ4n) is 2.23. The number of urea groups is 1. The Morgan fingerprint density at radius 2 is 1.94 bits per heavy atom. The second-order valence-corrected chi connectivity index (χ2v) is 4.99. The summed E-state index contributed by atoms with van der Waals surface area (Å²) in [4.78, 5) is 23.4. The van der Waals surface area contributed by atoms with Crippen molar-refractivity contribution < 1.29 is 14.3 Å². The van der Waals surface area contributed by atoms with Gasteiger partial charge >= 0.3 is 12.0 Å². The summed E-state index contributed by atoms with van der Waals surface area (Å²) in [5, 5.41) is 5.63. The molecule has 104 valence electrons. The molecule has 0 heterocycles. The number of carbonyl (C=O) groups is 2. The van der Waals surface area contributed by atoms with Crippen LogP contribution in [0.4, 0.5) is 4.79 Å². The number of ether oxygens (including phenoxy) is 1. The van der Waals surface area contributed by atoms with Crippen LogP contribution in [0.5, 0.6) is 0 Å². The maximum absolute atomic E-state index is 11.8. The van der Waals surface area contributed by atoms with Gasteiger partial charge in [-0.3, -0.25) is 0 Å². The van der Waals surface area contributed by atoms with Crippen LogP contribution < -0.4 is 10.6 Å². The van der Waals surface area contributed by atoms with Crippen LogP contribution in [0.1, 0.15) is 46.0 Å². The van der Waals surface area contributed by atoms with E-state index in [1.54, 1.807) is 0 Å². The summed E-state index contributed by atoms with van der Waals surface area (Å²) in [6, 6.07) is -0.584. The fourth-order valence-corrected chi connectivity index (χ4v) is 2.23. The lowest BCUT2D eigenvalue weighted by atomic mass is 9.99.